The van der Waals surface area contributed by atoms with Gasteiger partial charge in [0.1, 0.15) is 6.61 Å². The number of nitrogens with two attached hydrogens (primary N) is 1. The number of carbonyl (C=O) groups is 1. The van der Waals surface area contributed by atoms with Crippen LogP contribution in [0.2, 0.25) is 0 Å². The molecule has 0 fully saturated rings. The normalized spacial score (nSPS) is 11.8. The monoisotopic (exact) mass is 214 g/mol. The van der Waals surface area contributed by atoms with Crippen molar-refractivity contribution in [2.24, 2.45) is 11.7 Å². The third kappa shape index (κ3) is 6.89. The first-order chi connectivity index (χ1) is 7.26. The van der Waals surface area contributed by atoms with Gasteiger partial charge in [-0.05, 0) is 13.3 Å². The topological polar surface area (TPSA) is 85.3 Å². The molecule has 0 heterocycles. The molecular formula is C10H18N2O3. The molecule has 0 aliphatic carbocycles. The Morgan fingerprint density at radius 2 is 2.27 bits per heavy atom. The average Bonchev–Trinajstić information content (AvgIpc) is 2.24. The van der Waals surface area contributed by atoms with E-state index in [2.05, 4.69) is 0 Å². The van der Waals surface area contributed by atoms with Crippen molar-refractivity contribution in [1.82, 2.24) is 0 Å². The van der Waals surface area contributed by atoms with Gasteiger partial charge in [-0.15, -0.1) is 0 Å². The van der Waals surface area contributed by atoms with E-state index < -0.39 is 0 Å². The Bertz CT molecular complexity index is 213. The number of rotatable bonds is 8. The molecule has 0 aromatic carbocycles. The molecular weight excluding hydrogens is 196 g/mol. The predicted octanol–water partition coefficient (Wildman–Crippen LogP) is 0.445. The van der Waals surface area contributed by atoms with E-state index in [9.17, 15) is 4.79 Å². The standard InChI is InChI=1S/C10H18N2O3/c1-2-14-7-4-9(8-12)10(13)15-6-3-5-11/h9H,2-4,6-8,12H2,1H3. The second-order valence-corrected chi connectivity index (χ2v) is 2.99. The molecule has 0 aromatic rings. The van der Waals surface area contributed by atoms with Crippen LogP contribution in [0.5, 0.6) is 0 Å². The van der Waals surface area contributed by atoms with Crippen LogP contribution in [0.4, 0.5) is 0 Å². The minimum atomic E-state index is -0.340. The van der Waals surface area contributed by atoms with Gasteiger partial charge in [0.2, 0.25) is 0 Å². The number of esters is 1. The third-order valence-electron chi connectivity index (χ3n) is 1.89. The molecule has 0 saturated heterocycles. The van der Waals surface area contributed by atoms with Crippen LogP contribution >= 0.6 is 0 Å². The SMILES string of the molecule is CCOCCC(CN)C(=O)OCCC#N. The Kier molecular flexibility index (Phi) is 8.73. The highest BCUT2D eigenvalue weighted by atomic mass is 16.5. The fraction of sp³-hybridized carbons (Fsp3) is 0.800. The van der Waals surface area contributed by atoms with Gasteiger partial charge in [-0.1, -0.05) is 0 Å². The van der Waals surface area contributed by atoms with E-state index >= 15 is 0 Å². The van der Waals surface area contributed by atoms with Gasteiger partial charge in [0.05, 0.1) is 18.4 Å². The van der Waals surface area contributed by atoms with E-state index in [0.717, 1.165) is 0 Å². The molecule has 1 unspecified atom stereocenters. The summed E-state index contributed by atoms with van der Waals surface area (Å²) in [6, 6.07) is 1.90. The quantitative estimate of drug-likeness (QED) is 0.468. The molecule has 0 aliphatic heterocycles. The number of nitriles is 1. The molecule has 0 aliphatic rings. The fourth-order valence-corrected chi connectivity index (χ4v) is 1.02. The Morgan fingerprint density at radius 1 is 1.53 bits per heavy atom. The molecule has 0 rings (SSSR count). The highest BCUT2D eigenvalue weighted by molar-refractivity contribution is 5.72. The summed E-state index contributed by atoms with van der Waals surface area (Å²) in [7, 11) is 0. The summed E-state index contributed by atoms with van der Waals surface area (Å²) in [5.41, 5.74) is 5.44. The molecule has 0 aromatic heterocycles. The maximum Gasteiger partial charge on any atom is 0.310 e. The number of hydrogen-bond donors (Lipinski definition) is 1. The average molecular weight is 214 g/mol. The van der Waals surface area contributed by atoms with Crippen LogP contribution < -0.4 is 5.73 Å². The number of hydrogen-bond acceptors (Lipinski definition) is 5. The van der Waals surface area contributed by atoms with Crippen molar-refractivity contribution in [2.75, 3.05) is 26.4 Å². The van der Waals surface area contributed by atoms with Crippen LogP contribution in [-0.4, -0.2) is 32.3 Å². The predicted molar refractivity (Wildman–Crippen MR) is 54.8 cm³/mol. The first-order valence-electron chi connectivity index (χ1n) is 5.07. The molecule has 15 heavy (non-hydrogen) atoms. The minimum Gasteiger partial charge on any atom is -0.464 e. The highest BCUT2D eigenvalue weighted by Crippen LogP contribution is 2.04. The van der Waals surface area contributed by atoms with Crippen LogP contribution in [0.15, 0.2) is 0 Å². The molecule has 0 bridgehead atoms. The van der Waals surface area contributed by atoms with E-state index in [1.54, 1.807) is 0 Å². The van der Waals surface area contributed by atoms with E-state index in [-0.39, 0.29) is 31.5 Å². The van der Waals surface area contributed by atoms with Crippen molar-refractivity contribution in [3.05, 3.63) is 0 Å². The highest BCUT2D eigenvalue weighted by Gasteiger charge is 2.17. The van der Waals surface area contributed by atoms with Gasteiger partial charge in [-0.3, -0.25) is 4.79 Å². The molecule has 5 heteroatoms. The lowest BCUT2D eigenvalue weighted by Crippen LogP contribution is -2.27. The Balaban J connectivity index is 3.73. The van der Waals surface area contributed by atoms with Gasteiger partial charge < -0.3 is 15.2 Å². The van der Waals surface area contributed by atoms with Crippen LogP contribution in [0.25, 0.3) is 0 Å². The van der Waals surface area contributed by atoms with Gasteiger partial charge in [-0.2, -0.15) is 5.26 Å². The van der Waals surface area contributed by atoms with Crippen molar-refractivity contribution in [1.29, 1.82) is 5.26 Å². The molecule has 2 N–H and O–H groups in total. The zero-order chi connectivity index (χ0) is 11.5. The van der Waals surface area contributed by atoms with Gasteiger partial charge >= 0.3 is 5.97 Å². The second kappa shape index (κ2) is 9.44. The lowest BCUT2D eigenvalue weighted by molar-refractivity contribution is -0.148. The summed E-state index contributed by atoms with van der Waals surface area (Å²) in [5.74, 6) is -0.664. The molecule has 0 amide bonds. The molecule has 86 valence electrons. The number of nitrogens with zero attached hydrogens (tertiary/aromatic N) is 1. The van der Waals surface area contributed by atoms with Gasteiger partial charge in [0, 0.05) is 19.8 Å². The second-order valence-electron chi connectivity index (χ2n) is 2.99. The Morgan fingerprint density at radius 3 is 2.80 bits per heavy atom. The zero-order valence-electron chi connectivity index (χ0n) is 9.07. The maximum absolute atomic E-state index is 11.4. The molecule has 0 radical (unpaired) electrons. The smallest absolute Gasteiger partial charge is 0.310 e. The summed E-state index contributed by atoms with van der Waals surface area (Å²) in [5, 5.41) is 8.26. The molecule has 1 atom stereocenters. The minimum absolute atomic E-state index is 0.139. The Hall–Kier alpha value is -1.12. The largest absolute Gasteiger partial charge is 0.464 e. The van der Waals surface area contributed by atoms with Gasteiger partial charge in [0.25, 0.3) is 0 Å². The summed E-state index contributed by atoms with van der Waals surface area (Å²) >= 11 is 0. The van der Waals surface area contributed by atoms with E-state index in [1.807, 2.05) is 13.0 Å². The van der Waals surface area contributed by atoms with Crippen molar-refractivity contribution < 1.29 is 14.3 Å². The third-order valence-corrected chi connectivity index (χ3v) is 1.89. The van der Waals surface area contributed by atoms with Crippen LogP contribution in [0, 0.1) is 17.2 Å². The Labute approximate surface area is 90.1 Å². The van der Waals surface area contributed by atoms with Crippen LogP contribution in [-0.2, 0) is 14.3 Å². The number of ether oxygens (including phenoxy) is 2. The van der Waals surface area contributed by atoms with Gasteiger partial charge in [0.15, 0.2) is 0 Å². The molecule has 5 nitrogen and oxygen atoms in total. The fourth-order valence-electron chi connectivity index (χ4n) is 1.02. The zero-order valence-corrected chi connectivity index (χ0v) is 9.07. The summed E-state index contributed by atoms with van der Waals surface area (Å²) in [6.45, 7) is 3.41. The number of carbonyl (C=O) groups excluding carboxylic acids is 1. The molecule has 0 spiro atoms. The van der Waals surface area contributed by atoms with Crippen LogP contribution in [0.1, 0.15) is 19.8 Å². The lowest BCUT2D eigenvalue weighted by Gasteiger charge is -2.13. The van der Waals surface area contributed by atoms with Gasteiger partial charge in [-0.25, -0.2) is 0 Å². The summed E-state index contributed by atoms with van der Waals surface area (Å²) in [6.07, 6.45) is 0.782. The first-order valence-corrected chi connectivity index (χ1v) is 5.07. The lowest BCUT2D eigenvalue weighted by atomic mass is 10.1. The van der Waals surface area contributed by atoms with E-state index in [0.29, 0.717) is 19.6 Å². The van der Waals surface area contributed by atoms with E-state index in [1.165, 1.54) is 0 Å². The molecule has 0 saturated carbocycles. The van der Waals surface area contributed by atoms with Crippen molar-refractivity contribution in [3.8, 4) is 6.07 Å². The van der Waals surface area contributed by atoms with Crippen molar-refractivity contribution in [2.45, 2.75) is 19.8 Å². The summed E-state index contributed by atoms with van der Waals surface area (Å²) in [4.78, 5) is 11.4. The van der Waals surface area contributed by atoms with Crippen LogP contribution in [0.3, 0.4) is 0 Å². The summed E-state index contributed by atoms with van der Waals surface area (Å²) < 4.78 is 10.00. The van der Waals surface area contributed by atoms with E-state index in [4.69, 9.17) is 20.5 Å². The van der Waals surface area contributed by atoms with Crippen molar-refractivity contribution in [3.63, 3.8) is 0 Å². The first kappa shape index (κ1) is 13.9. The van der Waals surface area contributed by atoms with Crippen molar-refractivity contribution >= 4 is 5.97 Å². The maximum atomic E-state index is 11.4.